The van der Waals surface area contributed by atoms with Gasteiger partial charge in [-0.15, -0.1) is 0 Å². The largest absolute Gasteiger partial charge is 0.497 e. The highest BCUT2D eigenvalue weighted by Gasteiger charge is 2.25. The molecule has 1 heterocycles. The zero-order valence-electron chi connectivity index (χ0n) is 13.0. The third-order valence-corrected chi connectivity index (χ3v) is 4.03. The van der Waals surface area contributed by atoms with Crippen LogP contribution < -0.4 is 9.47 Å². The Labute approximate surface area is 126 Å². The molecule has 0 aliphatic carbocycles. The highest BCUT2D eigenvalue weighted by Crippen LogP contribution is 2.30. The van der Waals surface area contributed by atoms with Gasteiger partial charge in [0.15, 0.2) is 0 Å². The van der Waals surface area contributed by atoms with Crippen molar-refractivity contribution in [2.24, 2.45) is 0 Å². The normalized spacial score (nSPS) is 21.0. The van der Waals surface area contributed by atoms with Crippen molar-refractivity contribution in [2.45, 2.75) is 25.5 Å². The number of rotatable bonds is 6. The molecule has 1 aliphatic rings. The zero-order chi connectivity index (χ0) is 15.2. The van der Waals surface area contributed by atoms with Gasteiger partial charge in [-0.1, -0.05) is 6.92 Å². The Morgan fingerprint density at radius 2 is 2.19 bits per heavy atom. The van der Waals surface area contributed by atoms with Crippen LogP contribution in [0.15, 0.2) is 18.2 Å². The van der Waals surface area contributed by atoms with Gasteiger partial charge in [0.05, 0.1) is 33.5 Å². The first kappa shape index (κ1) is 16.1. The molecule has 1 aromatic rings. The van der Waals surface area contributed by atoms with Crippen LogP contribution in [0.2, 0.25) is 0 Å². The lowest BCUT2D eigenvalue weighted by Gasteiger charge is -2.36. The maximum absolute atomic E-state index is 10.6. The maximum Gasteiger partial charge on any atom is 0.128 e. The van der Waals surface area contributed by atoms with Gasteiger partial charge >= 0.3 is 0 Å². The summed E-state index contributed by atoms with van der Waals surface area (Å²) in [5, 5.41) is 10.6. The highest BCUT2D eigenvalue weighted by molar-refractivity contribution is 5.42. The van der Waals surface area contributed by atoms with E-state index in [9.17, 15) is 5.11 Å². The van der Waals surface area contributed by atoms with Gasteiger partial charge in [-0.2, -0.15) is 0 Å². The van der Waals surface area contributed by atoms with Gasteiger partial charge in [0.25, 0.3) is 0 Å². The Kier molecular flexibility index (Phi) is 5.85. The summed E-state index contributed by atoms with van der Waals surface area (Å²) in [6.07, 6.45) is 0.435. The smallest absolute Gasteiger partial charge is 0.128 e. The topological polar surface area (TPSA) is 51.2 Å². The molecule has 1 saturated heterocycles. The first-order valence-corrected chi connectivity index (χ1v) is 7.41. The molecule has 5 nitrogen and oxygen atoms in total. The number of hydrogen-bond donors (Lipinski definition) is 1. The van der Waals surface area contributed by atoms with E-state index < -0.39 is 6.10 Å². The molecule has 118 valence electrons. The summed E-state index contributed by atoms with van der Waals surface area (Å²) in [5.41, 5.74) is 0.791. The maximum atomic E-state index is 10.6. The van der Waals surface area contributed by atoms with Crippen molar-refractivity contribution < 1.29 is 19.3 Å². The molecule has 1 aromatic carbocycles. The molecule has 1 aliphatic heterocycles. The van der Waals surface area contributed by atoms with E-state index in [1.807, 2.05) is 12.1 Å². The monoisotopic (exact) mass is 295 g/mol. The standard InChI is InChI=1S/C16H25NO4/c1-4-12-11-21-8-7-17(12)10-15(18)14-6-5-13(19-2)9-16(14)20-3/h5-6,9,12,15,18H,4,7-8,10-11H2,1-3H3. The molecule has 0 amide bonds. The first-order valence-electron chi connectivity index (χ1n) is 7.41. The van der Waals surface area contributed by atoms with Crippen molar-refractivity contribution in [3.63, 3.8) is 0 Å². The second-order valence-electron chi connectivity index (χ2n) is 5.26. The average Bonchev–Trinajstić information content (AvgIpc) is 2.54. The van der Waals surface area contributed by atoms with Crippen LogP contribution in [0, 0.1) is 0 Å². The number of nitrogens with zero attached hydrogens (tertiary/aromatic N) is 1. The van der Waals surface area contributed by atoms with Gasteiger partial charge in [-0.25, -0.2) is 0 Å². The predicted octanol–water partition coefficient (Wildman–Crippen LogP) is 1.85. The van der Waals surface area contributed by atoms with E-state index in [1.165, 1.54) is 0 Å². The first-order chi connectivity index (χ1) is 10.2. The molecule has 0 spiro atoms. The highest BCUT2D eigenvalue weighted by atomic mass is 16.5. The van der Waals surface area contributed by atoms with E-state index in [0.717, 1.165) is 37.5 Å². The second kappa shape index (κ2) is 7.64. The molecule has 0 saturated carbocycles. The van der Waals surface area contributed by atoms with Crippen molar-refractivity contribution in [2.75, 3.05) is 40.5 Å². The van der Waals surface area contributed by atoms with Crippen molar-refractivity contribution >= 4 is 0 Å². The number of β-amino-alcohol motifs (C(OH)–C–C–N with tert-alkyl or cyclic N) is 1. The summed E-state index contributed by atoms with van der Waals surface area (Å²) in [7, 11) is 3.22. The Morgan fingerprint density at radius 1 is 1.38 bits per heavy atom. The van der Waals surface area contributed by atoms with E-state index in [4.69, 9.17) is 14.2 Å². The zero-order valence-corrected chi connectivity index (χ0v) is 13.0. The quantitative estimate of drug-likeness (QED) is 0.868. The minimum Gasteiger partial charge on any atom is -0.497 e. The Morgan fingerprint density at radius 3 is 2.86 bits per heavy atom. The molecule has 0 aromatic heterocycles. The fraction of sp³-hybridized carbons (Fsp3) is 0.625. The second-order valence-corrected chi connectivity index (χ2v) is 5.26. The average molecular weight is 295 g/mol. The van der Waals surface area contributed by atoms with Crippen molar-refractivity contribution in [3.05, 3.63) is 23.8 Å². The number of methoxy groups -OCH3 is 2. The molecule has 5 heteroatoms. The van der Waals surface area contributed by atoms with Crippen LogP contribution in [0.1, 0.15) is 25.0 Å². The van der Waals surface area contributed by atoms with Crippen molar-refractivity contribution in [3.8, 4) is 11.5 Å². The van der Waals surface area contributed by atoms with Gasteiger partial charge < -0.3 is 19.3 Å². The van der Waals surface area contributed by atoms with Gasteiger partial charge in [0.1, 0.15) is 11.5 Å². The lowest BCUT2D eigenvalue weighted by molar-refractivity contribution is -0.0279. The Balaban J connectivity index is 2.10. The van der Waals surface area contributed by atoms with Gasteiger partial charge in [-0.05, 0) is 18.6 Å². The van der Waals surface area contributed by atoms with E-state index in [-0.39, 0.29) is 0 Å². The Hall–Kier alpha value is -1.30. The molecule has 1 N–H and O–H groups in total. The third kappa shape index (κ3) is 3.87. The fourth-order valence-corrected chi connectivity index (χ4v) is 2.72. The summed E-state index contributed by atoms with van der Waals surface area (Å²) in [4.78, 5) is 2.29. The fourth-order valence-electron chi connectivity index (χ4n) is 2.72. The third-order valence-electron chi connectivity index (χ3n) is 4.03. The molecule has 21 heavy (non-hydrogen) atoms. The number of aliphatic hydroxyl groups is 1. The van der Waals surface area contributed by atoms with E-state index >= 15 is 0 Å². The predicted molar refractivity (Wildman–Crippen MR) is 81.0 cm³/mol. The SMILES string of the molecule is CCC1COCCN1CC(O)c1ccc(OC)cc1OC. The minimum absolute atomic E-state index is 0.373. The van der Waals surface area contributed by atoms with Crippen LogP contribution in [-0.4, -0.2) is 56.6 Å². The summed E-state index contributed by atoms with van der Waals surface area (Å²) >= 11 is 0. The van der Waals surface area contributed by atoms with Crippen LogP contribution >= 0.6 is 0 Å². The molecule has 2 rings (SSSR count). The summed E-state index contributed by atoms with van der Waals surface area (Å²) in [6, 6.07) is 5.88. The summed E-state index contributed by atoms with van der Waals surface area (Å²) in [6.45, 7) is 5.05. The van der Waals surface area contributed by atoms with Crippen LogP contribution in [0.3, 0.4) is 0 Å². The molecule has 0 radical (unpaired) electrons. The van der Waals surface area contributed by atoms with Crippen molar-refractivity contribution in [1.29, 1.82) is 0 Å². The summed E-state index contributed by atoms with van der Waals surface area (Å²) < 4.78 is 16.1. The molecular formula is C16H25NO4. The van der Waals surface area contributed by atoms with Gasteiger partial charge in [0, 0.05) is 30.8 Å². The van der Waals surface area contributed by atoms with Gasteiger partial charge in [-0.3, -0.25) is 4.90 Å². The van der Waals surface area contributed by atoms with Crippen LogP contribution in [0.5, 0.6) is 11.5 Å². The summed E-state index contributed by atoms with van der Waals surface area (Å²) in [5.74, 6) is 1.38. The number of morpholine rings is 1. The van der Waals surface area contributed by atoms with Crippen LogP contribution in [-0.2, 0) is 4.74 Å². The number of ether oxygens (including phenoxy) is 3. The molecule has 0 bridgehead atoms. The molecular weight excluding hydrogens is 270 g/mol. The minimum atomic E-state index is -0.585. The van der Waals surface area contributed by atoms with Gasteiger partial charge in [0.2, 0.25) is 0 Å². The van der Waals surface area contributed by atoms with Crippen LogP contribution in [0.4, 0.5) is 0 Å². The number of hydrogen-bond acceptors (Lipinski definition) is 5. The Bertz CT molecular complexity index is 452. The lowest BCUT2D eigenvalue weighted by Crippen LogP contribution is -2.46. The lowest BCUT2D eigenvalue weighted by atomic mass is 10.1. The molecule has 2 unspecified atom stereocenters. The van der Waals surface area contributed by atoms with E-state index in [0.29, 0.717) is 18.3 Å². The van der Waals surface area contributed by atoms with E-state index in [2.05, 4.69) is 11.8 Å². The number of aliphatic hydroxyl groups excluding tert-OH is 1. The van der Waals surface area contributed by atoms with E-state index in [1.54, 1.807) is 20.3 Å². The number of benzene rings is 1. The van der Waals surface area contributed by atoms with Crippen LogP contribution in [0.25, 0.3) is 0 Å². The molecule has 2 atom stereocenters. The molecule has 1 fully saturated rings. The van der Waals surface area contributed by atoms with Crippen molar-refractivity contribution in [1.82, 2.24) is 4.90 Å².